The van der Waals surface area contributed by atoms with E-state index in [1.165, 1.54) is 31.4 Å². The molecular formula is C39H48Br2N8O4S. The number of sulfonamides is 1. The van der Waals surface area contributed by atoms with Crippen LogP contribution in [0, 0.1) is 0 Å². The Labute approximate surface area is 334 Å². The molecule has 288 valence electrons. The van der Waals surface area contributed by atoms with E-state index in [2.05, 4.69) is 46.8 Å². The molecule has 0 unspecified atom stereocenters. The van der Waals surface area contributed by atoms with Crippen molar-refractivity contribution in [3.8, 4) is 0 Å². The highest BCUT2D eigenvalue weighted by Crippen LogP contribution is 2.32. The molecule has 3 amide bonds. The molecule has 3 aromatic rings. The molecule has 0 spiro atoms. The van der Waals surface area contributed by atoms with Gasteiger partial charge in [-0.2, -0.15) is 0 Å². The molecule has 0 radical (unpaired) electrons. The quantitative estimate of drug-likeness (QED) is 0.143. The van der Waals surface area contributed by atoms with Gasteiger partial charge in [-0.15, -0.1) is 0 Å². The van der Waals surface area contributed by atoms with Gasteiger partial charge in [0, 0.05) is 65.9 Å². The van der Waals surface area contributed by atoms with Crippen LogP contribution in [0.4, 0.5) is 16.2 Å². The molecule has 15 heteroatoms. The number of piperidine rings is 3. The van der Waals surface area contributed by atoms with Gasteiger partial charge >= 0.3 is 6.03 Å². The van der Waals surface area contributed by atoms with Crippen molar-refractivity contribution in [1.82, 2.24) is 24.3 Å². The Morgan fingerprint density at radius 3 is 2.15 bits per heavy atom. The molecule has 0 aromatic heterocycles. The molecule has 4 N–H and O–H groups in total. The number of carbonyl (C=O) groups excluding carboxylic acids is 2. The molecule has 4 aliphatic rings. The van der Waals surface area contributed by atoms with Gasteiger partial charge in [-0.3, -0.25) is 4.79 Å². The first-order valence-electron chi connectivity index (χ1n) is 18.9. The van der Waals surface area contributed by atoms with Crippen molar-refractivity contribution < 1.29 is 18.0 Å². The van der Waals surface area contributed by atoms with Crippen molar-refractivity contribution in [2.75, 3.05) is 50.3 Å². The predicted molar refractivity (Wildman–Crippen MR) is 219 cm³/mol. The highest BCUT2D eigenvalue weighted by Gasteiger charge is 2.36. The van der Waals surface area contributed by atoms with Gasteiger partial charge in [-0.25, -0.2) is 22.9 Å². The van der Waals surface area contributed by atoms with Gasteiger partial charge in [0.25, 0.3) is 10.0 Å². The number of aliphatic imine (C=N–C) groups is 1. The molecule has 3 fully saturated rings. The fourth-order valence-corrected chi connectivity index (χ4v) is 10.5. The topological polar surface area (TPSA) is 144 Å². The van der Waals surface area contributed by atoms with Crippen molar-refractivity contribution >= 4 is 71.2 Å². The molecule has 0 aliphatic carbocycles. The van der Waals surface area contributed by atoms with E-state index in [0.29, 0.717) is 66.2 Å². The minimum Gasteiger partial charge on any atom is -0.397 e. The Balaban J connectivity index is 1.17. The Bertz CT molecular complexity index is 1940. The zero-order valence-electron chi connectivity index (χ0n) is 30.3. The summed E-state index contributed by atoms with van der Waals surface area (Å²) in [5.74, 6) is -0.00742. The molecule has 3 saturated heterocycles. The largest absolute Gasteiger partial charge is 0.397 e. The van der Waals surface area contributed by atoms with Crippen LogP contribution in [0.2, 0.25) is 0 Å². The van der Waals surface area contributed by atoms with Gasteiger partial charge in [0.05, 0.1) is 10.6 Å². The Kier molecular flexibility index (Phi) is 12.2. The van der Waals surface area contributed by atoms with Gasteiger partial charge in [0.15, 0.2) is 0 Å². The Morgan fingerprint density at radius 2 is 1.46 bits per heavy atom. The lowest BCUT2D eigenvalue weighted by atomic mass is 9.98. The molecule has 3 aromatic carbocycles. The number of hydrogen-bond acceptors (Lipinski definition) is 7. The predicted octanol–water partition coefficient (Wildman–Crippen LogP) is 6.03. The maximum absolute atomic E-state index is 14.6. The fraction of sp³-hybridized carbons (Fsp3) is 0.462. The number of anilines is 2. The summed E-state index contributed by atoms with van der Waals surface area (Å²) in [6.45, 7) is 4.86. The number of nitrogens with zero attached hydrogens (tertiary/aromatic N) is 5. The van der Waals surface area contributed by atoms with E-state index in [0.717, 1.165) is 42.7 Å². The number of nitrogens with two attached hydrogens (primary N) is 1. The number of rotatable bonds is 8. The number of carbonyl (C=O) groups is 2. The summed E-state index contributed by atoms with van der Waals surface area (Å²) in [6.07, 6.45) is 6.96. The van der Waals surface area contributed by atoms with E-state index in [9.17, 15) is 18.0 Å². The van der Waals surface area contributed by atoms with Crippen LogP contribution in [0.1, 0.15) is 56.1 Å². The number of fused-ring (bicyclic) bond motifs is 1. The highest BCUT2D eigenvalue weighted by molar-refractivity contribution is 9.11. The van der Waals surface area contributed by atoms with E-state index < -0.39 is 16.1 Å². The van der Waals surface area contributed by atoms with Crippen LogP contribution >= 0.6 is 31.9 Å². The number of urea groups is 1. The second-order valence-electron chi connectivity index (χ2n) is 14.7. The lowest BCUT2D eigenvalue weighted by Gasteiger charge is -2.42. The SMILES string of the molecule is Nc1c(Br)cc(C[C@H](N=C(NS(=O)(=O)c2ccccc2)N2CCC(N3Cc4ccccc4NC3=O)CC2)C(=O)N2CCC(N3CCCCC3)CC2)cc1Br. The smallest absolute Gasteiger partial charge is 0.322 e. The van der Waals surface area contributed by atoms with Crippen LogP contribution in [0.25, 0.3) is 0 Å². The zero-order valence-corrected chi connectivity index (χ0v) is 34.3. The van der Waals surface area contributed by atoms with Crippen LogP contribution in [-0.4, -0.2) is 103 Å². The minimum absolute atomic E-state index is 0.0512. The summed E-state index contributed by atoms with van der Waals surface area (Å²) in [5, 5.41) is 3.01. The highest BCUT2D eigenvalue weighted by atomic mass is 79.9. The lowest BCUT2D eigenvalue weighted by Crippen LogP contribution is -2.54. The van der Waals surface area contributed by atoms with Crippen LogP contribution in [0.3, 0.4) is 0 Å². The van der Waals surface area contributed by atoms with E-state index in [1.54, 1.807) is 18.2 Å². The van der Waals surface area contributed by atoms with Crippen LogP contribution < -0.4 is 15.8 Å². The number of nitrogen functional groups attached to an aromatic ring is 1. The second kappa shape index (κ2) is 17.0. The Hall–Kier alpha value is -3.66. The number of amides is 3. The number of guanidine groups is 1. The number of benzene rings is 3. The van der Waals surface area contributed by atoms with Gasteiger partial charge in [-0.1, -0.05) is 42.8 Å². The number of para-hydroxylation sites is 1. The third-order valence-corrected chi connectivity index (χ3v) is 13.8. The molecule has 12 nitrogen and oxygen atoms in total. The van der Waals surface area contributed by atoms with E-state index >= 15 is 0 Å². The zero-order chi connectivity index (χ0) is 37.8. The van der Waals surface area contributed by atoms with E-state index in [4.69, 9.17) is 10.7 Å². The first-order valence-corrected chi connectivity index (χ1v) is 21.9. The van der Waals surface area contributed by atoms with E-state index in [1.807, 2.05) is 51.1 Å². The number of hydrogen-bond donors (Lipinski definition) is 3. The van der Waals surface area contributed by atoms with Crippen LogP contribution in [0.15, 0.2) is 85.6 Å². The van der Waals surface area contributed by atoms with Crippen molar-refractivity contribution in [2.45, 2.75) is 80.9 Å². The third kappa shape index (κ3) is 8.90. The van der Waals surface area contributed by atoms with Crippen molar-refractivity contribution in [2.24, 2.45) is 4.99 Å². The second-order valence-corrected chi connectivity index (χ2v) is 18.0. The maximum Gasteiger partial charge on any atom is 0.322 e. The number of halogens is 2. The molecule has 4 heterocycles. The van der Waals surface area contributed by atoms with E-state index in [-0.39, 0.29) is 35.3 Å². The summed E-state index contributed by atoms with van der Waals surface area (Å²) in [5.41, 5.74) is 9.48. The summed E-state index contributed by atoms with van der Waals surface area (Å²) in [4.78, 5) is 41.2. The Morgan fingerprint density at radius 1 is 0.852 bits per heavy atom. The van der Waals surface area contributed by atoms with Crippen LogP contribution in [-0.2, 0) is 27.8 Å². The van der Waals surface area contributed by atoms with Crippen molar-refractivity contribution in [1.29, 1.82) is 0 Å². The van der Waals surface area contributed by atoms with Crippen molar-refractivity contribution in [3.63, 3.8) is 0 Å². The fourth-order valence-electron chi connectivity index (χ4n) is 8.12. The van der Waals surface area contributed by atoms with Gasteiger partial charge in [0.2, 0.25) is 11.9 Å². The molecule has 54 heavy (non-hydrogen) atoms. The van der Waals surface area contributed by atoms with Gasteiger partial charge in [-0.05, 0) is 125 Å². The van der Waals surface area contributed by atoms with Crippen LogP contribution in [0.5, 0.6) is 0 Å². The average Bonchev–Trinajstić information content (AvgIpc) is 3.19. The molecule has 1 atom stereocenters. The number of nitrogens with one attached hydrogen (secondary N) is 2. The average molecular weight is 885 g/mol. The van der Waals surface area contributed by atoms with Crippen molar-refractivity contribution in [3.05, 3.63) is 86.8 Å². The molecule has 0 bridgehead atoms. The molecule has 4 aliphatic heterocycles. The molecule has 0 saturated carbocycles. The monoisotopic (exact) mass is 882 g/mol. The summed E-state index contributed by atoms with van der Waals surface area (Å²) in [6, 6.07) is 19.1. The normalized spacial score (nSPS) is 20.0. The molecular weight excluding hydrogens is 836 g/mol. The summed E-state index contributed by atoms with van der Waals surface area (Å²) >= 11 is 7.10. The summed E-state index contributed by atoms with van der Waals surface area (Å²) in [7, 11) is -4.05. The first-order chi connectivity index (χ1) is 26.1. The maximum atomic E-state index is 14.6. The third-order valence-electron chi connectivity index (χ3n) is 11.2. The van der Waals surface area contributed by atoms with Gasteiger partial charge < -0.3 is 30.7 Å². The summed E-state index contributed by atoms with van der Waals surface area (Å²) < 4.78 is 31.9. The number of likely N-dealkylation sites (tertiary alicyclic amines) is 3. The standard InChI is InChI=1S/C39H48Br2N8O4S/c40-32-23-27(24-33(41)36(32)42)25-35(37(50)47-19-13-29(14-20-47)46-17-7-2-8-18-46)43-38(45-54(52,53)31-10-3-1-4-11-31)48-21-15-30(16-22-48)49-26-28-9-5-6-12-34(28)44-39(49)51/h1,3-6,9-12,23-24,29-30,35H,2,7-8,13-22,25-26,42H2,(H,43,45)(H,44,51)/t35-/m0/s1. The molecule has 7 rings (SSSR count). The van der Waals surface area contributed by atoms with Gasteiger partial charge in [0.1, 0.15) is 6.04 Å². The minimum atomic E-state index is -4.05. The first kappa shape index (κ1) is 38.6. The lowest BCUT2D eigenvalue weighted by molar-refractivity contribution is -0.134.